The molecule has 8 nitrogen and oxygen atoms in total. The molecule has 0 saturated heterocycles. The van der Waals surface area contributed by atoms with Gasteiger partial charge in [-0.15, -0.1) is 0 Å². The van der Waals surface area contributed by atoms with Crippen molar-refractivity contribution in [3.05, 3.63) is 0 Å². The predicted molar refractivity (Wildman–Crippen MR) is 77.9 cm³/mol. The van der Waals surface area contributed by atoms with Crippen molar-refractivity contribution in [1.82, 2.24) is 10.2 Å². The third-order valence-corrected chi connectivity index (χ3v) is 1.31. The van der Waals surface area contributed by atoms with Gasteiger partial charge in [0.1, 0.15) is 5.60 Å². The number of amides is 1. The number of aliphatic carboxylic acids is 1. The summed E-state index contributed by atoms with van der Waals surface area (Å²) in [6.07, 6.45) is -4.48. The number of alkyl halides is 3. The van der Waals surface area contributed by atoms with Crippen LogP contribution in [0, 0.1) is 0 Å². The number of nitrogens with zero attached hydrogens (tertiary/aromatic N) is 1. The molecule has 12 heteroatoms. The second kappa shape index (κ2) is 14.4. The van der Waals surface area contributed by atoms with Gasteiger partial charge in [0.2, 0.25) is 6.29 Å². The van der Waals surface area contributed by atoms with Gasteiger partial charge in [0.25, 0.3) is 0 Å². The monoisotopic (exact) mass is 616 g/mol. The third-order valence-electron chi connectivity index (χ3n) is 1.31. The first-order valence-corrected chi connectivity index (χ1v) is 6.36. The molecule has 0 aliphatic heterocycles. The van der Waals surface area contributed by atoms with Gasteiger partial charge in [-0.1, -0.05) is 0 Å². The maximum Gasteiger partial charge on any atom is 0.446 e. The van der Waals surface area contributed by atoms with Gasteiger partial charge in [-0.25, -0.2) is 0 Å². The van der Waals surface area contributed by atoms with Crippen molar-refractivity contribution in [2.75, 3.05) is 27.2 Å². The van der Waals surface area contributed by atoms with Crippen LogP contribution in [0.2, 0.25) is 0 Å². The van der Waals surface area contributed by atoms with E-state index in [0.29, 0.717) is 6.54 Å². The fourth-order valence-corrected chi connectivity index (χ4v) is 0.744. The average Bonchev–Trinajstić information content (AvgIpc) is 2.33. The van der Waals surface area contributed by atoms with Gasteiger partial charge in [0.05, 0.1) is 13.1 Å². The van der Waals surface area contributed by atoms with Crippen LogP contribution in [-0.2, 0) is 23.9 Å². The molecule has 0 aromatic heterocycles. The first-order valence-electron chi connectivity index (χ1n) is 6.36. The molecule has 0 aromatic rings. The fraction of sp³-hybridized carbons (Fsp3) is 0.692. The summed E-state index contributed by atoms with van der Waals surface area (Å²) in [4.78, 5) is 40.2. The van der Waals surface area contributed by atoms with E-state index in [-0.39, 0.29) is 18.1 Å². The number of esters is 1. The van der Waals surface area contributed by atoms with E-state index in [1.54, 1.807) is 4.90 Å². The zero-order chi connectivity index (χ0) is 20.0. The van der Waals surface area contributed by atoms with Gasteiger partial charge in [0, 0.05) is 0 Å². The largest absolute Gasteiger partial charge is 0.521 e. The molecule has 25 heavy (non-hydrogen) atoms. The maximum absolute atomic E-state index is 11.0. The molecule has 0 aromatic carbocycles. The van der Waals surface area contributed by atoms with Crippen LogP contribution in [0.25, 0.3) is 0 Å². The molecule has 0 aliphatic carbocycles. The molecule has 154 valence electrons. The van der Waals surface area contributed by atoms with Crippen molar-refractivity contribution in [2.45, 2.75) is 32.5 Å². The minimum Gasteiger partial charge on any atom is -0.521 e. The van der Waals surface area contributed by atoms with Crippen LogP contribution < -0.4 is 5.32 Å². The van der Waals surface area contributed by atoms with E-state index in [0.717, 1.165) is 0 Å². The van der Waals surface area contributed by atoms with Crippen LogP contribution in [-0.4, -0.2) is 73.6 Å². The average molecular weight is 616 g/mol. The summed E-state index contributed by atoms with van der Waals surface area (Å²) in [6.45, 7) is 5.57. The van der Waals surface area contributed by atoms with Crippen molar-refractivity contribution in [3.63, 3.8) is 0 Å². The Morgan fingerprint density at radius 3 is 1.80 bits per heavy atom. The van der Waals surface area contributed by atoms with Crippen LogP contribution in [0.5, 0.6) is 0 Å². The van der Waals surface area contributed by atoms with Gasteiger partial charge in [-0.2, -0.15) is 19.6 Å². The summed E-state index contributed by atoms with van der Waals surface area (Å²) in [5.74, 6) is -1.24. The molecule has 2 N–H and O–H groups in total. The summed E-state index contributed by atoms with van der Waals surface area (Å²) in [7, 11) is 3.67. The number of carboxylic acid groups (broad SMARTS) is 1. The minimum absolute atomic E-state index is 0. The number of ether oxygens (including phenoxy) is 1. The first kappa shape index (κ1) is 29.8. The van der Waals surface area contributed by atoms with Gasteiger partial charge in [-0.3, -0.25) is 19.3 Å². The van der Waals surface area contributed by atoms with E-state index in [1.165, 1.54) is 6.41 Å². The number of likely N-dealkylation sites (N-methyl/N-ethyl adjacent to an activating group) is 1. The Morgan fingerprint density at radius 2 is 1.64 bits per heavy atom. The summed E-state index contributed by atoms with van der Waals surface area (Å²) >= 11 is 0. The molecule has 0 bridgehead atoms. The van der Waals surface area contributed by atoms with Crippen molar-refractivity contribution >= 4 is 24.6 Å². The van der Waals surface area contributed by atoms with Crippen LogP contribution in [0.4, 0.5) is 13.2 Å². The molecule has 0 spiro atoms. The second-order valence-electron chi connectivity index (χ2n) is 5.33. The van der Waals surface area contributed by atoms with Crippen LogP contribution >= 0.6 is 0 Å². The molecule has 0 aliphatic rings. The van der Waals surface area contributed by atoms with E-state index in [9.17, 15) is 27.6 Å². The number of halogens is 3. The van der Waals surface area contributed by atoms with Crippen molar-refractivity contribution in [3.8, 4) is 0 Å². The smallest absolute Gasteiger partial charge is 0.446 e. The summed E-state index contributed by atoms with van der Waals surface area (Å²) in [5.41, 5.74) is -0.368. The molecule has 0 radical (unpaired) electrons. The maximum atomic E-state index is 11.0. The summed E-state index contributed by atoms with van der Waals surface area (Å²) < 4.78 is 36.3. The zero-order valence-electron chi connectivity index (χ0n) is 14.3. The molecule has 0 unspecified atom stereocenters. The third kappa shape index (κ3) is 44.9. The summed E-state index contributed by atoms with van der Waals surface area (Å²) in [6, 6.07) is 0. The van der Waals surface area contributed by atoms with Crippen LogP contribution in [0.1, 0.15) is 20.8 Å². The number of carbonyl (C=O) groups excluding carboxylic acids is 3. The van der Waals surface area contributed by atoms with Gasteiger partial charge >= 0.3 is 18.1 Å². The number of carboxylic acids is 1. The molecule has 0 atom stereocenters. The van der Waals surface area contributed by atoms with E-state index < -0.39 is 18.4 Å². The van der Waals surface area contributed by atoms with Gasteiger partial charge < -0.3 is 20.0 Å². The van der Waals surface area contributed by atoms with E-state index in [4.69, 9.17) is 14.6 Å². The van der Waals surface area contributed by atoms with E-state index in [2.05, 4.69) is 0 Å². The first-order chi connectivity index (χ1) is 10.6. The predicted octanol–water partition coefficient (Wildman–Crippen LogP) is 0.365. The Hall–Kier alpha value is -3.17. The Bertz CT molecular complexity index is 398. The van der Waals surface area contributed by atoms with Gasteiger partial charge in [-0.05, 0) is 34.9 Å². The Labute approximate surface area is 137 Å². The topological polar surface area (TPSA) is 113 Å². The number of hydrogen-bond acceptors (Lipinski definition) is 6. The van der Waals surface area contributed by atoms with Crippen LogP contribution in [0.15, 0.2) is 0 Å². The number of carbonyl (C=O) groups is 3. The second-order valence-corrected chi connectivity index (χ2v) is 5.33. The minimum atomic E-state index is -4.64. The Kier molecular flexibility index (Phi) is 17.2. The van der Waals surface area contributed by atoms with E-state index >= 15 is 0 Å². The normalized spacial score (nSPS) is 9.96. The number of aldehydes is 1. The number of hydrogen-bond donors (Lipinski definition) is 2. The number of rotatable bonds is 5. The summed E-state index contributed by atoms with van der Waals surface area (Å²) in [5, 5.41) is 9.65. The van der Waals surface area contributed by atoms with Crippen molar-refractivity contribution < 1.29 is 42.2 Å². The van der Waals surface area contributed by atoms with Gasteiger partial charge in [0.15, 0.2) is 0 Å². The molecule has 0 rings (SSSR count). The van der Waals surface area contributed by atoms with Crippen molar-refractivity contribution in [1.29, 1.82) is 0 Å². The Balaban J connectivity index is -0.000000138. The molecule has 1 amide bonds. The SMILES string of the molecule is CN(C)CC(=O)OC(C)(C)C.O=CC(F)(F)F.O=[C-]NCC(=O)O.[Fm]. The molecule has 0 fully saturated rings. The zero-order valence-corrected chi connectivity index (χ0v) is 16.8. The standard InChI is InChI=1S/C8H17NO2.C3H4NO3.C2HF3O.Fm/c1-8(2,3)11-7(10)6-9(4)5;5-2-4-1-3(6)7;3-2(4,5)1-6;/h6H2,1-5H3;1H2,(H,4,5)(H,6,7);1H;/q;-1;;. The van der Waals surface area contributed by atoms with E-state index in [1.807, 2.05) is 40.2 Å². The van der Waals surface area contributed by atoms with Crippen molar-refractivity contribution in [2.24, 2.45) is 0 Å². The van der Waals surface area contributed by atoms with Crippen LogP contribution in [0.3, 0.4) is 0 Å². The Morgan fingerprint density at radius 1 is 1.24 bits per heavy atom. The molecule has 0 saturated carbocycles. The quantitative estimate of drug-likeness (QED) is 0.199. The fourth-order valence-electron chi connectivity index (χ4n) is 0.744. The molecular formula is C13H22F3FmN2O6-. The number of nitrogens with one attached hydrogen (secondary N) is 1. The molecular weight excluding hydrogens is 594 g/mol. The molecule has 0 heterocycles.